The predicted octanol–water partition coefficient (Wildman–Crippen LogP) is 2.21. The van der Waals surface area contributed by atoms with Crippen LogP contribution in [0.15, 0.2) is 24.3 Å². The molecule has 3 N–H and O–H groups in total. The normalized spacial score (nSPS) is 19.5. The van der Waals surface area contributed by atoms with E-state index in [4.69, 9.17) is 0 Å². The molecule has 4 amide bonds. The number of nitrogens with one attached hydrogen (secondary N) is 3. The van der Waals surface area contributed by atoms with Crippen molar-refractivity contribution >= 4 is 28.7 Å². The molecule has 0 bridgehead atoms. The first-order valence-electron chi connectivity index (χ1n) is 8.25. The molecule has 1 saturated carbocycles. The molecular weight excluding hydrogens is 327 g/mol. The van der Waals surface area contributed by atoms with Crippen molar-refractivity contribution in [3.8, 4) is 0 Å². The largest absolute Gasteiger partial charge is 0.350 e. The van der Waals surface area contributed by atoms with Crippen molar-refractivity contribution in [1.82, 2.24) is 20.7 Å². The van der Waals surface area contributed by atoms with Crippen LogP contribution in [0.3, 0.4) is 0 Å². The lowest BCUT2D eigenvalue weighted by Crippen LogP contribution is -2.51. The first-order valence-corrected chi connectivity index (χ1v) is 8.25. The van der Waals surface area contributed by atoms with Gasteiger partial charge in [0.05, 0.1) is 0 Å². The molecule has 4 rings (SSSR count). The standard InChI is InChI=1S/C17H17FN4O3/c18-11-5-4-6-12-10(11)9-13(19-12)14(23)21-22-15(24)17(20-16(22)25)7-2-1-3-8-17/h4-6,9,19H,1-3,7-8H2,(H,20,25)(H,21,23). The summed E-state index contributed by atoms with van der Waals surface area (Å²) in [5.74, 6) is -1.57. The van der Waals surface area contributed by atoms with Gasteiger partial charge in [0.15, 0.2) is 0 Å². The topological polar surface area (TPSA) is 94.3 Å². The summed E-state index contributed by atoms with van der Waals surface area (Å²) in [6.45, 7) is 0. The van der Waals surface area contributed by atoms with Crippen LogP contribution in [0.4, 0.5) is 9.18 Å². The fourth-order valence-corrected chi connectivity index (χ4v) is 3.62. The Morgan fingerprint density at radius 1 is 1.20 bits per heavy atom. The average molecular weight is 344 g/mol. The molecule has 2 fully saturated rings. The summed E-state index contributed by atoms with van der Waals surface area (Å²) >= 11 is 0. The second-order valence-corrected chi connectivity index (χ2v) is 6.54. The van der Waals surface area contributed by atoms with Crippen LogP contribution < -0.4 is 10.7 Å². The number of fused-ring (bicyclic) bond motifs is 1. The number of hydrogen-bond donors (Lipinski definition) is 3. The second-order valence-electron chi connectivity index (χ2n) is 6.54. The van der Waals surface area contributed by atoms with E-state index >= 15 is 0 Å². The highest BCUT2D eigenvalue weighted by molar-refractivity contribution is 6.09. The Labute approximate surface area is 142 Å². The lowest BCUT2D eigenvalue weighted by atomic mass is 9.82. The van der Waals surface area contributed by atoms with Gasteiger partial charge < -0.3 is 10.3 Å². The molecule has 0 radical (unpaired) electrons. The summed E-state index contributed by atoms with van der Waals surface area (Å²) in [7, 11) is 0. The first kappa shape index (κ1) is 15.6. The minimum atomic E-state index is -0.908. The van der Waals surface area contributed by atoms with Gasteiger partial charge in [0.2, 0.25) is 0 Å². The van der Waals surface area contributed by atoms with Crippen molar-refractivity contribution in [3.05, 3.63) is 35.8 Å². The van der Waals surface area contributed by atoms with Gasteiger partial charge in [-0.25, -0.2) is 9.18 Å². The summed E-state index contributed by atoms with van der Waals surface area (Å²) in [6, 6.07) is 5.18. The number of hydrazine groups is 1. The van der Waals surface area contributed by atoms with Gasteiger partial charge in [-0.3, -0.25) is 15.0 Å². The predicted molar refractivity (Wildman–Crippen MR) is 86.9 cm³/mol. The number of hydrogen-bond acceptors (Lipinski definition) is 3. The van der Waals surface area contributed by atoms with Gasteiger partial charge in [-0.05, 0) is 31.0 Å². The number of carbonyl (C=O) groups excluding carboxylic acids is 3. The molecule has 1 aliphatic heterocycles. The minimum Gasteiger partial charge on any atom is -0.350 e. The minimum absolute atomic E-state index is 0.0743. The summed E-state index contributed by atoms with van der Waals surface area (Å²) in [4.78, 5) is 40.0. The fourth-order valence-electron chi connectivity index (χ4n) is 3.62. The molecule has 130 valence electrons. The van der Waals surface area contributed by atoms with Crippen molar-refractivity contribution in [3.63, 3.8) is 0 Å². The van der Waals surface area contributed by atoms with Gasteiger partial charge in [-0.15, -0.1) is 0 Å². The van der Waals surface area contributed by atoms with Crippen molar-refractivity contribution in [1.29, 1.82) is 0 Å². The van der Waals surface area contributed by atoms with Crippen LogP contribution >= 0.6 is 0 Å². The zero-order valence-electron chi connectivity index (χ0n) is 13.4. The third kappa shape index (κ3) is 2.45. The summed E-state index contributed by atoms with van der Waals surface area (Å²) < 4.78 is 13.8. The first-order chi connectivity index (χ1) is 12.0. The molecule has 0 atom stereocenters. The maximum Gasteiger partial charge on any atom is 0.344 e. The molecule has 8 heteroatoms. The number of nitrogens with zero attached hydrogens (tertiary/aromatic N) is 1. The Morgan fingerprint density at radius 3 is 2.68 bits per heavy atom. The van der Waals surface area contributed by atoms with E-state index in [-0.39, 0.29) is 11.1 Å². The maximum absolute atomic E-state index is 13.8. The van der Waals surface area contributed by atoms with E-state index in [1.54, 1.807) is 6.07 Å². The van der Waals surface area contributed by atoms with Crippen molar-refractivity contribution in [2.24, 2.45) is 0 Å². The molecule has 2 aromatic rings. The number of imide groups is 1. The Morgan fingerprint density at radius 2 is 1.96 bits per heavy atom. The van der Waals surface area contributed by atoms with Crippen LogP contribution in [0.1, 0.15) is 42.6 Å². The highest BCUT2D eigenvalue weighted by Crippen LogP contribution is 2.33. The molecule has 1 aromatic heterocycles. The van der Waals surface area contributed by atoms with Crippen LogP contribution in [0.2, 0.25) is 0 Å². The van der Waals surface area contributed by atoms with Gasteiger partial charge in [0, 0.05) is 10.9 Å². The van der Waals surface area contributed by atoms with Gasteiger partial charge in [-0.2, -0.15) is 5.01 Å². The van der Waals surface area contributed by atoms with Gasteiger partial charge in [0.1, 0.15) is 17.1 Å². The molecule has 2 heterocycles. The molecule has 1 saturated heterocycles. The monoisotopic (exact) mass is 344 g/mol. The van der Waals surface area contributed by atoms with Gasteiger partial charge >= 0.3 is 6.03 Å². The third-order valence-electron chi connectivity index (χ3n) is 4.94. The molecule has 25 heavy (non-hydrogen) atoms. The molecule has 7 nitrogen and oxygen atoms in total. The van der Waals surface area contributed by atoms with E-state index in [1.165, 1.54) is 18.2 Å². The SMILES string of the molecule is O=C(NN1C(=O)NC2(CCCCC2)C1=O)c1cc2c(F)cccc2[nH]1. The molecular formula is C17H17FN4O3. The van der Waals surface area contributed by atoms with Crippen molar-refractivity contribution < 1.29 is 18.8 Å². The highest BCUT2D eigenvalue weighted by atomic mass is 19.1. The lowest BCUT2D eigenvalue weighted by Gasteiger charge is -2.30. The van der Waals surface area contributed by atoms with E-state index in [2.05, 4.69) is 15.7 Å². The fraction of sp³-hybridized carbons (Fsp3) is 0.353. The number of H-pyrrole nitrogens is 1. The molecule has 1 aliphatic carbocycles. The number of benzene rings is 1. The summed E-state index contributed by atoms with van der Waals surface area (Å²) in [5, 5.41) is 3.72. The number of aromatic amines is 1. The van der Waals surface area contributed by atoms with Crippen LogP contribution in [-0.2, 0) is 4.79 Å². The quantitative estimate of drug-likeness (QED) is 0.729. The number of urea groups is 1. The Hall–Kier alpha value is -2.90. The van der Waals surface area contributed by atoms with Gasteiger partial charge in [0.25, 0.3) is 11.8 Å². The Kier molecular flexibility index (Phi) is 3.48. The smallest absolute Gasteiger partial charge is 0.344 e. The van der Waals surface area contributed by atoms with Crippen molar-refractivity contribution in [2.75, 3.05) is 0 Å². The summed E-state index contributed by atoms with van der Waals surface area (Å²) in [6.07, 6.45) is 3.88. The van der Waals surface area contributed by atoms with E-state index in [1.807, 2.05) is 0 Å². The van der Waals surface area contributed by atoms with Crippen molar-refractivity contribution in [2.45, 2.75) is 37.6 Å². The van der Waals surface area contributed by atoms with E-state index in [0.29, 0.717) is 18.4 Å². The van der Waals surface area contributed by atoms with E-state index in [9.17, 15) is 18.8 Å². The zero-order valence-corrected chi connectivity index (χ0v) is 13.4. The lowest BCUT2D eigenvalue weighted by molar-refractivity contribution is -0.134. The Bertz CT molecular complexity index is 885. The van der Waals surface area contributed by atoms with Gasteiger partial charge in [-0.1, -0.05) is 25.3 Å². The van der Waals surface area contributed by atoms with Crippen LogP contribution in [-0.4, -0.2) is 33.4 Å². The highest BCUT2D eigenvalue weighted by Gasteiger charge is 2.52. The number of halogens is 1. The van der Waals surface area contributed by atoms with E-state index in [0.717, 1.165) is 24.3 Å². The number of carbonyl (C=O) groups is 3. The number of aromatic nitrogens is 1. The van der Waals surface area contributed by atoms with Crippen LogP contribution in [0, 0.1) is 5.82 Å². The molecule has 0 unspecified atom stereocenters. The summed E-state index contributed by atoms with van der Waals surface area (Å²) in [5.41, 5.74) is 1.96. The van der Waals surface area contributed by atoms with Crippen LogP contribution in [0.5, 0.6) is 0 Å². The number of rotatable bonds is 2. The maximum atomic E-state index is 13.8. The average Bonchev–Trinajstić information content (AvgIpc) is 3.13. The zero-order chi connectivity index (χ0) is 17.6. The molecule has 1 spiro atoms. The Balaban J connectivity index is 1.56. The van der Waals surface area contributed by atoms with Crippen LogP contribution in [0.25, 0.3) is 10.9 Å². The third-order valence-corrected chi connectivity index (χ3v) is 4.94. The van der Waals surface area contributed by atoms with E-state index < -0.39 is 29.2 Å². The second kappa shape index (κ2) is 5.58. The molecule has 2 aliphatic rings. The molecule has 1 aromatic carbocycles. The number of amides is 4.